The smallest absolute Gasteiger partial charge is 0.269 e. The Hall–Kier alpha value is -4.70. The summed E-state index contributed by atoms with van der Waals surface area (Å²) in [5.41, 5.74) is 5.74. The molecule has 0 amide bonds. The third kappa shape index (κ3) is 5.07. The van der Waals surface area contributed by atoms with Gasteiger partial charge in [-0.15, -0.1) is 0 Å². The zero-order valence-electron chi connectivity index (χ0n) is 21.7. The minimum atomic E-state index is -0.375. The number of hydrogen-bond donors (Lipinski definition) is 0. The minimum absolute atomic E-state index is 0.0943. The van der Waals surface area contributed by atoms with Gasteiger partial charge in [0.1, 0.15) is 0 Å². The maximum absolute atomic E-state index is 11.0. The van der Waals surface area contributed by atoms with Gasteiger partial charge >= 0.3 is 0 Å². The van der Waals surface area contributed by atoms with E-state index in [4.69, 9.17) is 0 Å². The average Bonchev–Trinajstić information content (AvgIpc) is 2.96. The molecule has 0 atom stereocenters. The summed E-state index contributed by atoms with van der Waals surface area (Å²) in [4.78, 5) is 13.0. The van der Waals surface area contributed by atoms with E-state index in [1.165, 1.54) is 32.8 Å². The lowest BCUT2D eigenvalue weighted by atomic mass is 9.91. The molecule has 0 radical (unpaired) electrons. The highest BCUT2D eigenvalue weighted by atomic mass is 16.6. The maximum atomic E-state index is 11.0. The third-order valence-electron chi connectivity index (χ3n) is 7.03. The van der Waals surface area contributed by atoms with Crippen molar-refractivity contribution in [1.29, 1.82) is 0 Å². The van der Waals surface area contributed by atoms with Crippen LogP contribution in [0.2, 0.25) is 0 Å². The lowest BCUT2D eigenvalue weighted by molar-refractivity contribution is -0.384. The van der Waals surface area contributed by atoms with Crippen molar-refractivity contribution in [2.75, 3.05) is 18.0 Å². The monoisotopic (exact) mass is 498 g/mol. The van der Waals surface area contributed by atoms with Crippen LogP contribution in [0.25, 0.3) is 45.8 Å². The largest absolute Gasteiger partial charge is 0.372 e. The molecule has 5 aromatic rings. The molecule has 0 aliphatic heterocycles. The molecule has 4 heteroatoms. The van der Waals surface area contributed by atoms with Crippen LogP contribution in [0.4, 0.5) is 11.4 Å². The first kappa shape index (κ1) is 25.0. The van der Waals surface area contributed by atoms with Crippen molar-refractivity contribution in [2.24, 2.45) is 0 Å². The van der Waals surface area contributed by atoms with Crippen molar-refractivity contribution >= 4 is 57.2 Å². The first-order chi connectivity index (χ1) is 18.6. The minimum Gasteiger partial charge on any atom is -0.372 e. The fourth-order valence-corrected chi connectivity index (χ4v) is 5.01. The van der Waals surface area contributed by atoms with Crippen LogP contribution in [0.1, 0.15) is 36.1 Å². The predicted molar refractivity (Wildman–Crippen MR) is 162 cm³/mol. The van der Waals surface area contributed by atoms with E-state index in [1.807, 2.05) is 6.08 Å². The molecule has 0 spiro atoms. The number of hydrogen-bond acceptors (Lipinski definition) is 3. The van der Waals surface area contributed by atoms with E-state index in [-0.39, 0.29) is 10.6 Å². The van der Waals surface area contributed by atoms with Crippen LogP contribution in [-0.4, -0.2) is 18.0 Å². The van der Waals surface area contributed by atoms with Crippen LogP contribution >= 0.6 is 0 Å². The second-order valence-electron chi connectivity index (χ2n) is 9.20. The lowest BCUT2D eigenvalue weighted by Crippen LogP contribution is -2.21. The summed E-state index contributed by atoms with van der Waals surface area (Å²) in [6.45, 7) is 6.35. The van der Waals surface area contributed by atoms with Gasteiger partial charge in [-0.05, 0) is 81.9 Å². The van der Waals surface area contributed by atoms with Crippen LogP contribution in [0, 0.1) is 10.1 Å². The molecule has 0 bridgehead atoms. The van der Waals surface area contributed by atoms with Gasteiger partial charge in [0.05, 0.1) is 4.92 Å². The third-order valence-corrected chi connectivity index (χ3v) is 7.03. The van der Waals surface area contributed by atoms with E-state index >= 15 is 0 Å². The van der Waals surface area contributed by atoms with Gasteiger partial charge in [-0.1, -0.05) is 85.0 Å². The molecule has 4 nitrogen and oxygen atoms in total. The number of rotatable bonds is 8. The Bertz CT molecular complexity index is 1590. The SMILES string of the molecule is CCN(CC)c1ccc(C=Cc2c3ccccc3c(C=Cc3ccc([N+](=O)[O-])cc3)c3ccccc23)cc1. The molecule has 0 saturated heterocycles. The summed E-state index contributed by atoms with van der Waals surface area (Å²) < 4.78 is 0. The molecule has 0 aliphatic rings. The van der Waals surface area contributed by atoms with Gasteiger partial charge in [-0.25, -0.2) is 0 Å². The summed E-state index contributed by atoms with van der Waals surface area (Å²) in [5.74, 6) is 0. The van der Waals surface area contributed by atoms with Crippen molar-refractivity contribution in [3.8, 4) is 0 Å². The van der Waals surface area contributed by atoms with Crippen LogP contribution < -0.4 is 4.90 Å². The predicted octanol–water partition coefficient (Wildman–Crippen LogP) is 9.09. The molecule has 0 aliphatic carbocycles. The summed E-state index contributed by atoms with van der Waals surface area (Å²) in [5, 5.41) is 15.7. The maximum Gasteiger partial charge on any atom is 0.269 e. The van der Waals surface area contributed by atoms with Gasteiger partial charge in [-0.3, -0.25) is 10.1 Å². The van der Waals surface area contributed by atoms with Crippen molar-refractivity contribution < 1.29 is 4.92 Å². The zero-order valence-corrected chi connectivity index (χ0v) is 21.7. The Morgan fingerprint density at radius 1 is 0.605 bits per heavy atom. The highest BCUT2D eigenvalue weighted by Crippen LogP contribution is 2.35. The topological polar surface area (TPSA) is 46.4 Å². The second-order valence-corrected chi connectivity index (χ2v) is 9.20. The number of anilines is 1. The Labute approximate surface area is 223 Å². The van der Waals surface area contributed by atoms with E-state index in [0.29, 0.717) is 0 Å². The van der Waals surface area contributed by atoms with Crippen LogP contribution in [0.15, 0.2) is 97.1 Å². The highest BCUT2D eigenvalue weighted by Gasteiger charge is 2.11. The number of non-ortho nitro benzene ring substituents is 1. The molecule has 5 rings (SSSR count). The van der Waals surface area contributed by atoms with Crippen molar-refractivity contribution in [1.82, 2.24) is 0 Å². The Balaban J connectivity index is 1.57. The molecule has 0 heterocycles. The fraction of sp³-hybridized carbons (Fsp3) is 0.118. The van der Waals surface area contributed by atoms with Crippen molar-refractivity contribution in [3.63, 3.8) is 0 Å². The molecule has 5 aromatic carbocycles. The van der Waals surface area contributed by atoms with Gasteiger partial charge in [-0.2, -0.15) is 0 Å². The molecule has 38 heavy (non-hydrogen) atoms. The van der Waals surface area contributed by atoms with E-state index in [1.54, 1.807) is 24.3 Å². The molecule has 0 aromatic heterocycles. The summed E-state index contributed by atoms with van der Waals surface area (Å²) in [6.07, 6.45) is 8.55. The van der Waals surface area contributed by atoms with E-state index in [2.05, 4.69) is 110 Å². The number of fused-ring (bicyclic) bond motifs is 2. The molecule has 0 N–H and O–H groups in total. The van der Waals surface area contributed by atoms with Gasteiger partial charge in [0.25, 0.3) is 5.69 Å². The van der Waals surface area contributed by atoms with Crippen LogP contribution in [0.5, 0.6) is 0 Å². The van der Waals surface area contributed by atoms with Crippen LogP contribution in [-0.2, 0) is 0 Å². The van der Waals surface area contributed by atoms with E-state index in [0.717, 1.165) is 29.8 Å². The normalized spacial score (nSPS) is 11.6. The molecule has 188 valence electrons. The molecule has 0 unspecified atom stereocenters. The number of nitrogens with zero attached hydrogens (tertiary/aromatic N) is 2. The Morgan fingerprint density at radius 2 is 1.00 bits per heavy atom. The summed E-state index contributed by atoms with van der Waals surface area (Å²) in [6, 6.07) is 32.3. The molecule has 0 fully saturated rings. The molecular weight excluding hydrogens is 468 g/mol. The van der Waals surface area contributed by atoms with Gasteiger partial charge in [0.15, 0.2) is 0 Å². The summed E-state index contributed by atoms with van der Waals surface area (Å²) >= 11 is 0. The van der Waals surface area contributed by atoms with Gasteiger partial charge in [0, 0.05) is 30.9 Å². The standard InChI is InChI=1S/C34H30N2O2/c1-3-35(4-2)27-19-13-25(14-20-27)17-23-33-29-9-5-7-11-31(29)34(32-12-8-6-10-30(32)33)24-18-26-15-21-28(22-16-26)36(37)38/h5-24H,3-4H2,1-2H3. The first-order valence-corrected chi connectivity index (χ1v) is 13.0. The van der Waals surface area contributed by atoms with Gasteiger partial charge in [0.2, 0.25) is 0 Å². The first-order valence-electron chi connectivity index (χ1n) is 13.0. The van der Waals surface area contributed by atoms with Crippen LogP contribution in [0.3, 0.4) is 0 Å². The molecule has 0 saturated carbocycles. The average molecular weight is 499 g/mol. The van der Waals surface area contributed by atoms with Gasteiger partial charge < -0.3 is 4.90 Å². The molecular formula is C34H30N2O2. The zero-order chi connectivity index (χ0) is 26.5. The highest BCUT2D eigenvalue weighted by molar-refractivity contribution is 6.14. The quantitative estimate of drug-likeness (QED) is 0.0927. The Morgan fingerprint density at radius 3 is 1.37 bits per heavy atom. The van der Waals surface area contributed by atoms with Crippen molar-refractivity contribution in [3.05, 3.63) is 129 Å². The number of nitro groups is 1. The van der Waals surface area contributed by atoms with E-state index in [9.17, 15) is 10.1 Å². The number of benzene rings is 5. The lowest BCUT2D eigenvalue weighted by Gasteiger charge is -2.20. The Kier molecular flexibility index (Phi) is 7.32. The second kappa shape index (κ2) is 11.1. The van der Waals surface area contributed by atoms with E-state index < -0.39 is 0 Å². The fourth-order valence-electron chi connectivity index (χ4n) is 5.01. The summed E-state index contributed by atoms with van der Waals surface area (Å²) in [7, 11) is 0. The number of nitro benzene ring substituents is 1. The van der Waals surface area contributed by atoms with Crippen molar-refractivity contribution in [2.45, 2.75) is 13.8 Å².